The second-order valence-electron chi connectivity index (χ2n) is 7.57. The number of rotatable bonds is 8. The number of aromatic nitrogens is 1. The molecule has 0 saturated carbocycles. The summed E-state index contributed by atoms with van der Waals surface area (Å²) in [6, 6.07) is 10.5. The fraction of sp³-hybridized carbons (Fsp3) is 0.409. The minimum atomic E-state index is -0.283. The molecule has 30 heavy (non-hydrogen) atoms. The van der Waals surface area contributed by atoms with Crippen LogP contribution in [-0.4, -0.2) is 48.1 Å². The highest BCUT2D eigenvalue weighted by Crippen LogP contribution is 2.19. The van der Waals surface area contributed by atoms with Gasteiger partial charge in [0.05, 0.1) is 18.1 Å². The largest absolute Gasteiger partial charge is 0.383 e. The zero-order valence-corrected chi connectivity index (χ0v) is 17.2. The molecule has 0 radical (unpaired) electrons. The molecule has 2 aromatic rings. The standard InChI is InChI=1S/C22H28N4O4/c1-30-12-11-26-15-18(6-9-20(26)27)22(29)24-19-7-4-16(5-8-19)13-25-10-2-3-17(14-25)21(23)28/h4-9,15,17H,2-3,10-14H2,1H3,(H2,23,28)(H,24,29). The summed E-state index contributed by atoms with van der Waals surface area (Å²) >= 11 is 0. The molecular formula is C22H28N4O4. The van der Waals surface area contributed by atoms with Gasteiger partial charge >= 0.3 is 0 Å². The molecule has 0 bridgehead atoms. The number of carbonyl (C=O) groups excluding carboxylic acids is 2. The van der Waals surface area contributed by atoms with Crippen LogP contribution in [0.25, 0.3) is 0 Å². The fourth-order valence-corrected chi connectivity index (χ4v) is 3.62. The molecule has 0 aliphatic carbocycles. The van der Waals surface area contributed by atoms with Crippen LogP contribution in [0.4, 0.5) is 5.69 Å². The minimum Gasteiger partial charge on any atom is -0.383 e. The number of primary amides is 1. The van der Waals surface area contributed by atoms with Gasteiger partial charge in [0.15, 0.2) is 0 Å². The maximum absolute atomic E-state index is 12.5. The van der Waals surface area contributed by atoms with Crippen molar-refractivity contribution in [3.05, 3.63) is 64.1 Å². The molecule has 1 fully saturated rings. The third kappa shape index (κ3) is 5.77. The van der Waals surface area contributed by atoms with E-state index in [0.717, 1.165) is 31.5 Å². The monoisotopic (exact) mass is 412 g/mol. The number of anilines is 1. The van der Waals surface area contributed by atoms with Gasteiger partial charge in [-0.25, -0.2) is 0 Å². The molecule has 3 N–H and O–H groups in total. The van der Waals surface area contributed by atoms with Gasteiger partial charge in [-0.05, 0) is 43.1 Å². The maximum Gasteiger partial charge on any atom is 0.257 e. The lowest BCUT2D eigenvalue weighted by atomic mass is 9.97. The van der Waals surface area contributed by atoms with Crippen molar-refractivity contribution in [3.8, 4) is 0 Å². The van der Waals surface area contributed by atoms with E-state index < -0.39 is 0 Å². The third-order valence-corrected chi connectivity index (χ3v) is 5.31. The summed E-state index contributed by atoms with van der Waals surface area (Å²) in [7, 11) is 1.56. The number of ether oxygens (including phenoxy) is 1. The second-order valence-corrected chi connectivity index (χ2v) is 7.57. The Balaban J connectivity index is 1.59. The molecule has 1 aromatic carbocycles. The van der Waals surface area contributed by atoms with Crippen molar-refractivity contribution in [2.45, 2.75) is 25.9 Å². The third-order valence-electron chi connectivity index (χ3n) is 5.31. The fourth-order valence-electron chi connectivity index (χ4n) is 3.62. The molecule has 3 rings (SSSR count). The molecule has 160 valence electrons. The average molecular weight is 412 g/mol. The summed E-state index contributed by atoms with van der Waals surface area (Å²) in [6.07, 6.45) is 3.36. The Labute approximate surface area is 175 Å². The van der Waals surface area contributed by atoms with Crippen LogP contribution in [0.3, 0.4) is 0 Å². The molecule has 1 aromatic heterocycles. The first-order valence-corrected chi connectivity index (χ1v) is 10.1. The lowest BCUT2D eigenvalue weighted by molar-refractivity contribution is -0.123. The number of likely N-dealkylation sites (tertiary alicyclic amines) is 1. The van der Waals surface area contributed by atoms with Crippen molar-refractivity contribution in [2.75, 3.05) is 32.1 Å². The van der Waals surface area contributed by atoms with Gasteiger partial charge < -0.3 is 20.4 Å². The number of nitrogens with two attached hydrogens (primary N) is 1. The number of hydrogen-bond donors (Lipinski definition) is 2. The molecule has 0 spiro atoms. The van der Waals surface area contributed by atoms with Crippen molar-refractivity contribution in [1.82, 2.24) is 9.47 Å². The number of piperidine rings is 1. The topological polar surface area (TPSA) is 107 Å². The van der Waals surface area contributed by atoms with Crippen molar-refractivity contribution in [1.29, 1.82) is 0 Å². The number of methoxy groups -OCH3 is 1. The van der Waals surface area contributed by atoms with E-state index in [1.54, 1.807) is 7.11 Å². The van der Waals surface area contributed by atoms with Crippen LogP contribution in [-0.2, 0) is 22.6 Å². The first-order chi connectivity index (χ1) is 14.5. The Morgan fingerprint density at radius 3 is 2.67 bits per heavy atom. The molecule has 8 nitrogen and oxygen atoms in total. The summed E-state index contributed by atoms with van der Waals surface area (Å²) in [5.74, 6) is -0.593. The smallest absolute Gasteiger partial charge is 0.257 e. The zero-order valence-electron chi connectivity index (χ0n) is 17.2. The molecular weight excluding hydrogens is 384 g/mol. The van der Waals surface area contributed by atoms with Gasteiger partial charge in [-0.15, -0.1) is 0 Å². The normalized spacial score (nSPS) is 16.9. The Morgan fingerprint density at radius 1 is 1.20 bits per heavy atom. The maximum atomic E-state index is 12.5. The lowest BCUT2D eigenvalue weighted by Crippen LogP contribution is -2.40. The van der Waals surface area contributed by atoms with Crippen LogP contribution in [0.1, 0.15) is 28.8 Å². The van der Waals surface area contributed by atoms with Crippen molar-refractivity contribution >= 4 is 17.5 Å². The highest BCUT2D eigenvalue weighted by Gasteiger charge is 2.23. The molecule has 1 saturated heterocycles. The first kappa shape index (κ1) is 21.7. The number of carbonyl (C=O) groups is 2. The van der Waals surface area contributed by atoms with Gasteiger partial charge in [0.2, 0.25) is 5.91 Å². The zero-order chi connectivity index (χ0) is 21.5. The molecule has 2 heterocycles. The predicted molar refractivity (Wildman–Crippen MR) is 114 cm³/mol. The van der Waals surface area contributed by atoms with E-state index in [4.69, 9.17) is 10.5 Å². The molecule has 1 unspecified atom stereocenters. The van der Waals surface area contributed by atoms with E-state index in [1.165, 1.54) is 22.9 Å². The van der Waals surface area contributed by atoms with Gasteiger partial charge in [0.1, 0.15) is 0 Å². The quantitative estimate of drug-likeness (QED) is 0.682. The Bertz CT molecular complexity index is 939. The first-order valence-electron chi connectivity index (χ1n) is 10.1. The molecule has 1 aliphatic heterocycles. The number of hydrogen-bond acceptors (Lipinski definition) is 5. The Kier molecular flexibility index (Phi) is 7.37. The van der Waals surface area contributed by atoms with E-state index in [2.05, 4.69) is 10.2 Å². The SMILES string of the molecule is COCCn1cc(C(=O)Nc2ccc(CN3CCCC(C(N)=O)C3)cc2)ccc1=O. The van der Waals surface area contributed by atoms with E-state index in [0.29, 0.717) is 30.9 Å². The molecule has 8 heteroatoms. The Morgan fingerprint density at radius 2 is 1.97 bits per heavy atom. The van der Waals surface area contributed by atoms with Gasteiger partial charge in [-0.2, -0.15) is 0 Å². The number of amides is 2. The highest BCUT2D eigenvalue weighted by molar-refractivity contribution is 6.04. The number of pyridine rings is 1. The van der Waals surface area contributed by atoms with Crippen molar-refractivity contribution in [2.24, 2.45) is 11.7 Å². The predicted octanol–water partition coefficient (Wildman–Crippen LogP) is 1.44. The van der Waals surface area contributed by atoms with E-state index in [-0.39, 0.29) is 23.3 Å². The van der Waals surface area contributed by atoms with Gasteiger partial charge in [-0.3, -0.25) is 19.3 Å². The molecule has 1 aliphatic rings. The van der Waals surface area contributed by atoms with Gasteiger partial charge in [-0.1, -0.05) is 12.1 Å². The van der Waals surface area contributed by atoms with Crippen LogP contribution in [0.15, 0.2) is 47.4 Å². The minimum absolute atomic E-state index is 0.0792. The Hall–Kier alpha value is -2.97. The van der Waals surface area contributed by atoms with E-state index in [9.17, 15) is 14.4 Å². The summed E-state index contributed by atoms with van der Waals surface area (Å²) in [4.78, 5) is 38.1. The summed E-state index contributed by atoms with van der Waals surface area (Å²) in [6.45, 7) is 3.15. The van der Waals surface area contributed by atoms with Gasteiger partial charge in [0.25, 0.3) is 11.5 Å². The van der Waals surface area contributed by atoms with E-state index >= 15 is 0 Å². The van der Waals surface area contributed by atoms with Crippen molar-refractivity contribution < 1.29 is 14.3 Å². The van der Waals surface area contributed by atoms with Crippen molar-refractivity contribution in [3.63, 3.8) is 0 Å². The molecule has 1 atom stereocenters. The van der Waals surface area contributed by atoms with Crippen LogP contribution in [0, 0.1) is 5.92 Å². The number of benzene rings is 1. The van der Waals surface area contributed by atoms with E-state index in [1.807, 2.05) is 24.3 Å². The van der Waals surface area contributed by atoms with Crippen LogP contribution in [0.5, 0.6) is 0 Å². The summed E-state index contributed by atoms with van der Waals surface area (Å²) < 4.78 is 6.45. The summed E-state index contributed by atoms with van der Waals surface area (Å²) in [5, 5.41) is 2.85. The second kappa shape index (κ2) is 10.2. The summed E-state index contributed by atoms with van der Waals surface area (Å²) in [5.41, 5.74) is 7.45. The molecule has 2 amide bonds. The van der Waals surface area contributed by atoms with Gasteiger partial charge in [0, 0.05) is 44.7 Å². The number of nitrogens with zero attached hydrogens (tertiary/aromatic N) is 2. The van der Waals surface area contributed by atoms with Crippen LogP contribution < -0.4 is 16.6 Å². The van der Waals surface area contributed by atoms with Crippen LogP contribution >= 0.6 is 0 Å². The van der Waals surface area contributed by atoms with Crippen LogP contribution in [0.2, 0.25) is 0 Å². The lowest BCUT2D eigenvalue weighted by Gasteiger charge is -2.31. The average Bonchev–Trinajstić information content (AvgIpc) is 2.74. The number of nitrogens with one attached hydrogen (secondary N) is 1. The highest BCUT2D eigenvalue weighted by atomic mass is 16.5.